The molecule has 3 aromatic rings. The van der Waals surface area contributed by atoms with Crippen LogP contribution in [0.1, 0.15) is 58.2 Å². The molecule has 0 bridgehead atoms. The molecule has 39 heavy (non-hydrogen) atoms. The van der Waals surface area contributed by atoms with Crippen molar-refractivity contribution in [3.8, 4) is 5.75 Å². The fourth-order valence-corrected chi connectivity index (χ4v) is 4.66. The van der Waals surface area contributed by atoms with E-state index in [-0.39, 0.29) is 30.4 Å². The zero-order valence-corrected chi connectivity index (χ0v) is 25.1. The maximum Gasteiger partial charge on any atom is 0.261 e. The van der Waals surface area contributed by atoms with E-state index in [4.69, 9.17) is 27.9 Å². The summed E-state index contributed by atoms with van der Waals surface area (Å²) >= 11 is 13.0. The minimum atomic E-state index is -0.821. The van der Waals surface area contributed by atoms with Crippen molar-refractivity contribution in [2.24, 2.45) is 0 Å². The van der Waals surface area contributed by atoms with Crippen LogP contribution < -0.4 is 10.1 Å². The first-order valence-electron chi connectivity index (χ1n) is 13.1. The first kappa shape index (κ1) is 30.5. The molecule has 0 spiro atoms. The predicted molar refractivity (Wildman–Crippen MR) is 159 cm³/mol. The van der Waals surface area contributed by atoms with Crippen molar-refractivity contribution in [3.63, 3.8) is 0 Å². The molecule has 0 unspecified atom stereocenters. The third-order valence-electron chi connectivity index (χ3n) is 6.24. The molecule has 0 aliphatic carbocycles. The lowest BCUT2D eigenvalue weighted by atomic mass is 9.87. The van der Waals surface area contributed by atoms with Gasteiger partial charge in [-0.25, -0.2) is 0 Å². The summed E-state index contributed by atoms with van der Waals surface area (Å²) in [5.41, 5.74) is 2.18. The highest BCUT2D eigenvalue weighted by molar-refractivity contribution is 6.36. The highest BCUT2D eigenvalue weighted by atomic mass is 35.5. The molecule has 1 atom stereocenters. The van der Waals surface area contributed by atoms with Gasteiger partial charge in [-0.3, -0.25) is 9.59 Å². The minimum Gasteiger partial charge on any atom is -0.484 e. The summed E-state index contributed by atoms with van der Waals surface area (Å²) in [5.74, 6) is -0.0425. The molecule has 0 saturated heterocycles. The van der Waals surface area contributed by atoms with Crippen LogP contribution in [-0.2, 0) is 28.0 Å². The second-order valence-corrected chi connectivity index (χ2v) is 12.5. The first-order chi connectivity index (χ1) is 18.2. The van der Waals surface area contributed by atoms with E-state index in [9.17, 15) is 9.59 Å². The molecular formula is C32H38Cl2N2O3. The molecule has 208 valence electrons. The molecule has 3 aromatic carbocycles. The normalized spacial score (nSPS) is 12.5. The van der Waals surface area contributed by atoms with Crippen molar-refractivity contribution >= 4 is 35.0 Å². The Labute approximate surface area is 242 Å². The Balaban J connectivity index is 1.95. The number of carbonyl (C=O) groups excluding carboxylic acids is 2. The van der Waals surface area contributed by atoms with Crippen LogP contribution in [0.3, 0.4) is 0 Å². The van der Waals surface area contributed by atoms with E-state index < -0.39 is 11.6 Å². The summed E-state index contributed by atoms with van der Waals surface area (Å²) in [4.78, 5) is 29.0. The summed E-state index contributed by atoms with van der Waals surface area (Å²) in [5, 5.41) is 3.89. The Kier molecular flexibility index (Phi) is 10.1. The van der Waals surface area contributed by atoms with Gasteiger partial charge in [0.1, 0.15) is 11.8 Å². The van der Waals surface area contributed by atoms with Gasteiger partial charge >= 0.3 is 0 Å². The quantitative estimate of drug-likeness (QED) is 0.296. The van der Waals surface area contributed by atoms with Crippen LogP contribution in [0.2, 0.25) is 10.0 Å². The van der Waals surface area contributed by atoms with E-state index in [0.29, 0.717) is 27.8 Å². The van der Waals surface area contributed by atoms with Gasteiger partial charge < -0.3 is 15.0 Å². The van der Waals surface area contributed by atoms with E-state index >= 15 is 0 Å². The van der Waals surface area contributed by atoms with Crippen LogP contribution in [0, 0.1) is 0 Å². The maximum atomic E-state index is 13.8. The number of halogens is 2. The Bertz CT molecular complexity index is 1240. The molecule has 0 heterocycles. The van der Waals surface area contributed by atoms with Crippen molar-refractivity contribution < 1.29 is 14.3 Å². The lowest BCUT2D eigenvalue weighted by molar-refractivity contribution is -0.143. The lowest BCUT2D eigenvalue weighted by Gasteiger charge is -2.34. The minimum absolute atomic E-state index is 0.00441. The van der Waals surface area contributed by atoms with E-state index in [0.717, 1.165) is 11.1 Å². The number of rotatable bonds is 9. The van der Waals surface area contributed by atoms with Gasteiger partial charge in [0.2, 0.25) is 5.91 Å². The third-order valence-corrected chi connectivity index (χ3v) is 6.95. The first-order valence-corrected chi connectivity index (χ1v) is 13.8. The summed E-state index contributed by atoms with van der Waals surface area (Å²) in [6, 6.07) is 21.7. The van der Waals surface area contributed by atoms with Gasteiger partial charge in [-0.15, -0.1) is 0 Å². The van der Waals surface area contributed by atoms with Crippen molar-refractivity contribution in [3.05, 3.63) is 99.5 Å². The third kappa shape index (κ3) is 9.01. The molecule has 2 amide bonds. The molecule has 0 radical (unpaired) electrons. The Morgan fingerprint density at radius 1 is 0.846 bits per heavy atom. The van der Waals surface area contributed by atoms with Crippen molar-refractivity contribution in [1.29, 1.82) is 0 Å². The maximum absolute atomic E-state index is 13.8. The number of nitrogens with zero attached hydrogens (tertiary/aromatic N) is 1. The van der Waals surface area contributed by atoms with Crippen LogP contribution in [0.5, 0.6) is 5.75 Å². The van der Waals surface area contributed by atoms with E-state index in [1.165, 1.54) is 4.90 Å². The Morgan fingerprint density at radius 2 is 1.44 bits per heavy atom. The topological polar surface area (TPSA) is 58.6 Å². The van der Waals surface area contributed by atoms with Gasteiger partial charge in [0.05, 0.1) is 0 Å². The summed E-state index contributed by atoms with van der Waals surface area (Å²) in [7, 11) is 0. The molecule has 0 aromatic heterocycles. The predicted octanol–water partition coefficient (Wildman–Crippen LogP) is 7.22. The van der Waals surface area contributed by atoms with Gasteiger partial charge in [0.25, 0.3) is 5.91 Å². The highest BCUT2D eigenvalue weighted by Gasteiger charge is 2.33. The smallest absolute Gasteiger partial charge is 0.261 e. The summed E-state index contributed by atoms with van der Waals surface area (Å²) in [6.07, 6.45) is 0.316. The van der Waals surface area contributed by atoms with Gasteiger partial charge in [0.15, 0.2) is 6.61 Å². The fourth-order valence-electron chi connectivity index (χ4n) is 4.14. The van der Waals surface area contributed by atoms with E-state index in [2.05, 4.69) is 26.1 Å². The number of carbonyl (C=O) groups is 2. The SMILES string of the molecule is CC(C)(C)NC(=O)[C@@H](Cc1ccccc1)N(Cc1c(Cl)cccc1Cl)C(=O)COc1ccc(C(C)(C)C)cc1. The van der Waals surface area contributed by atoms with Crippen LogP contribution >= 0.6 is 23.2 Å². The second kappa shape index (κ2) is 12.9. The van der Waals surface area contributed by atoms with E-state index in [1.54, 1.807) is 18.2 Å². The van der Waals surface area contributed by atoms with Crippen LogP contribution in [0.4, 0.5) is 0 Å². The molecule has 3 rings (SSSR count). The van der Waals surface area contributed by atoms with Crippen molar-refractivity contribution in [1.82, 2.24) is 10.2 Å². The molecule has 0 fully saturated rings. The average molecular weight is 570 g/mol. The zero-order chi connectivity index (χ0) is 28.8. The van der Waals surface area contributed by atoms with Gasteiger partial charge in [-0.1, -0.05) is 92.5 Å². The largest absolute Gasteiger partial charge is 0.484 e. The molecule has 1 N–H and O–H groups in total. The number of hydrogen-bond donors (Lipinski definition) is 1. The molecule has 0 aliphatic rings. The monoisotopic (exact) mass is 568 g/mol. The molecule has 5 nitrogen and oxygen atoms in total. The molecule has 0 saturated carbocycles. The number of amides is 2. The Morgan fingerprint density at radius 3 is 1.97 bits per heavy atom. The summed E-state index contributed by atoms with van der Waals surface area (Å²) in [6.45, 7) is 12.0. The van der Waals surface area contributed by atoms with Gasteiger partial charge in [-0.05, 0) is 61.6 Å². The van der Waals surface area contributed by atoms with Crippen LogP contribution in [0.15, 0.2) is 72.8 Å². The Hall–Kier alpha value is -3.02. The molecular weight excluding hydrogens is 531 g/mol. The second-order valence-electron chi connectivity index (χ2n) is 11.7. The number of benzene rings is 3. The number of hydrogen-bond acceptors (Lipinski definition) is 3. The van der Waals surface area contributed by atoms with Gasteiger partial charge in [-0.2, -0.15) is 0 Å². The summed E-state index contributed by atoms with van der Waals surface area (Å²) < 4.78 is 5.91. The number of nitrogens with one attached hydrogen (secondary N) is 1. The van der Waals surface area contributed by atoms with Crippen LogP contribution in [0.25, 0.3) is 0 Å². The standard InChI is InChI=1S/C32H38Cl2N2O3/c1-31(2,3)23-15-17-24(18-16-23)39-21-29(37)36(20-25-26(33)13-10-14-27(25)34)28(30(38)35-32(4,5)6)19-22-11-8-7-9-12-22/h7-18,28H,19-21H2,1-6H3,(H,35,38)/t28-/m1/s1. The molecule has 7 heteroatoms. The van der Waals surface area contributed by atoms with Crippen molar-refractivity contribution in [2.75, 3.05) is 6.61 Å². The fraction of sp³-hybridized carbons (Fsp3) is 0.375. The van der Waals surface area contributed by atoms with Gasteiger partial charge in [0, 0.05) is 34.1 Å². The van der Waals surface area contributed by atoms with Crippen molar-refractivity contribution in [2.45, 2.75) is 71.5 Å². The van der Waals surface area contributed by atoms with E-state index in [1.807, 2.05) is 75.4 Å². The highest BCUT2D eigenvalue weighted by Crippen LogP contribution is 2.28. The lowest BCUT2D eigenvalue weighted by Crippen LogP contribution is -2.55. The average Bonchev–Trinajstić information content (AvgIpc) is 2.85. The zero-order valence-electron chi connectivity index (χ0n) is 23.6. The van der Waals surface area contributed by atoms with Crippen LogP contribution in [-0.4, -0.2) is 34.9 Å². The number of ether oxygens (including phenoxy) is 1. The molecule has 0 aliphatic heterocycles.